The van der Waals surface area contributed by atoms with Crippen molar-refractivity contribution < 1.29 is 19.4 Å². The minimum absolute atomic E-state index is 0.0403. The number of aliphatic carboxylic acids is 1. The molecule has 5 nitrogen and oxygen atoms in total. The molecular formula is C12H15NO4. The average molecular weight is 237 g/mol. The lowest BCUT2D eigenvalue weighted by atomic mass is 10.1. The number of nitrogens with one attached hydrogen (secondary N) is 1. The van der Waals surface area contributed by atoms with Gasteiger partial charge in [0.25, 0.3) is 0 Å². The van der Waals surface area contributed by atoms with Gasteiger partial charge in [-0.25, -0.2) is 0 Å². The monoisotopic (exact) mass is 237 g/mol. The van der Waals surface area contributed by atoms with Gasteiger partial charge in [0.1, 0.15) is 5.75 Å². The number of anilines is 1. The molecule has 1 amide bonds. The summed E-state index contributed by atoms with van der Waals surface area (Å²) in [7, 11) is 1.56. The van der Waals surface area contributed by atoms with E-state index in [2.05, 4.69) is 5.32 Å². The minimum Gasteiger partial charge on any atom is -0.497 e. The van der Waals surface area contributed by atoms with E-state index in [1.54, 1.807) is 31.4 Å². The second kappa shape index (κ2) is 5.89. The largest absolute Gasteiger partial charge is 0.497 e. The van der Waals surface area contributed by atoms with E-state index in [0.717, 1.165) is 0 Å². The Hall–Kier alpha value is -2.04. The van der Waals surface area contributed by atoms with E-state index in [1.165, 1.54) is 6.92 Å². The van der Waals surface area contributed by atoms with Crippen LogP contribution in [0.5, 0.6) is 5.75 Å². The molecule has 0 aliphatic heterocycles. The fourth-order valence-electron chi connectivity index (χ4n) is 1.25. The maximum atomic E-state index is 11.5. The molecule has 0 saturated carbocycles. The first-order chi connectivity index (χ1) is 8.02. The van der Waals surface area contributed by atoms with Crippen molar-refractivity contribution in [3.63, 3.8) is 0 Å². The molecule has 1 atom stereocenters. The molecular weight excluding hydrogens is 222 g/mol. The van der Waals surface area contributed by atoms with Crippen molar-refractivity contribution in [2.45, 2.75) is 13.3 Å². The van der Waals surface area contributed by atoms with E-state index in [4.69, 9.17) is 9.84 Å². The van der Waals surface area contributed by atoms with E-state index in [0.29, 0.717) is 11.4 Å². The number of carbonyl (C=O) groups excluding carboxylic acids is 1. The predicted octanol–water partition coefficient (Wildman–Crippen LogP) is 1.74. The number of carboxylic acids is 1. The molecule has 92 valence electrons. The Balaban J connectivity index is 2.53. The molecule has 0 fully saturated rings. The van der Waals surface area contributed by atoms with Crippen molar-refractivity contribution >= 4 is 17.6 Å². The first kappa shape index (κ1) is 13.0. The summed E-state index contributed by atoms with van der Waals surface area (Å²) < 4.78 is 4.98. The van der Waals surface area contributed by atoms with Crippen molar-refractivity contribution in [2.24, 2.45) is 5.92 Å². The molecule has 1 rings (SSSR count). The van der Waals surface area contributed by atoms with Crippen LogP contribution < -0.4 is 10.1 Å². The minimum atomic E-state index is -0.977. The third-order valence-corrected chi connectivity index (χ3v) is 2.29. The fourth-order valence-corrected chi connectivity index (χ4v) is 1.25. The standard InChI is InChI=1S/C12H15NO4/c1-8(12(15)16)7-11(14)13-9-3-5-10(17-2)6-4-9/h3-6,8H,7H2,1-2H3,(H,13,14)(H,15,16)/t8-/m1/s1. The summed E-state index contributed by atoms with van der Waals surface area (Å²) in [5.74, 6) is -1.28. The first-order valence-electron chi connectivity index (χ1n) is 5.19. The number of rotatable bonds is 5. The number of amides is 1. The third-order valence-electron chi connectivity index (χ3n) is 2.29. The highest BCUT2D eigenvalue weighted by atomic mass is 16.5. The van der Waals surface area contributed by atoms with Crippen molar-refractivity contribution in [2.75, 3.05) is 12.4 Å². The van der Waals surface area contributed by atoms with Gasteiger partial charge in [-0.15, -0.1) is 0 Å². The lowest BCUT2D eigenvalue weighted by Crippen LogP contribution is -2.19. The number of carbonyl (C=O) groups is 2. The van der Waals surface area contributed by atoms with Crippen LogP contribution in [0.2, 0.25) is 0 Å². The smallest absolute Gasteiger partial charge is 0.306 e. The highest BCUT2D eigenvalue weighted by Gasteiger charge is 2.15. The van der Waals surface area contributed by atoms with Gasteiger partial charge in [-0.1, -0.05) is 6.92 Å². The molecule has 2 N–H and O–H groups in total. The molecule has 0 aliphatic carbocycles. The molecule has 0 bridgehead atoms. The summed E-state index contributed by atoms with van der Waals surface area (Å²) in [6.07, 6.45) is -0.0403. The zero-order valence-electron chi connectivity index (χ0n) is 9.77. The fraction of sp³-hybridized carbons (Fsp3) is 0.333. The normalized spacial score (nSPS) is 11.6. The average Bonchev–Trinajstić information content (AvgIpc) is 2.29. The Morgan fingerprint density at radius 1 is 1.35 bits per heavy atom. The zero-order valence-corrected chi connectivity index (χ0v) is 9.77. The Bertz CT molecular complexity index is 399. The Labute approximate surface area is 99.4 Å². The Morgan fingerprint density at radius 3 is 2.41 bits per heavy atom. The van der Waals surface area contributed by atoms with Gasteiger partial charge >= 0.3 is 5.97 Å². The van der Waals surface area contributed by atoms with Crippen LogP contribution in [0.4, 0.5) is 5.69 Å². The molecule has 17 heavy (non-hydrogen) atoms. The summed E-state index contributed by atoms with van der Waals surface area (Å²) in [5.41, 5.74) is 0.619. The van der Waals surface area contributed by atoms with Crippen LogP contribution >= 0.6 is 0 Å². The zero-order chi connectivity index (χ0) is 12.8. The highest BCUT2D eigenvalue weighted by molar-refractivity contribution is 5.93. The van der Waals surface area contributed by atoms with Gasteiger partial charge in [0, 0.05) is 12.1 Å². The molecule has 5 heteroatoms. The molecule has 1 aromatic carbocycles. The van der Waals surface area contributed by atoms with Gasteiger partial charge in [-0.2, -0.15) is 0 Å². The van der Waals surface area contributed by atoms with Gasteiger partial charge in [-0.05, 0) is 24.3 Å². The number of hydrogen-bond donors (Lipinski definition) is 2. The van der Waals surface area contributed by atoms with Crippen molar-refractivity contribution in [1.82, 2.24) is 0 Å². The van der Waals surface area contributed by atoms with Gasteiger partial charge in [0.05, 0.1) is 13.0 Å². The van der Waals surface area contributed by atoms with E-state index in [9.17, 15) is 9.59 Å². The van der Waals surface area contributed by atoms with Crippen molar-refractivity contribution in [3.8, 4) is 5.75 Å². The number of hydrogen-bond acceptors (Lipinski definition) is 3. The molecule has 1 aromatic rings. The number of benzene rings is 1. The van der Waals surface area contributed by atoms with Crippen molar-refractivity contribution in [1.29, 1.82) is 0 Å². The van der Waals surface area contributed by atoms with Gasteiger partial charge in [-0.3, -0.25) is 9.59 Å². The predicted molar refractivity (Wildman–Crippen MR) is 63.0 cm³/mol. The maximum absolute atomic E-state index is 11.5. The maximum Gasteiger partial charge on any atom is 0.306 e. The van der Waals surface area contributed by atoms with Crippen LogP contribution in [0, 0.1) is 5.92 Å². The molecule has 0 unspecified atom stereocenters. The van der Waals surface area contributed by atoms with E-state index >= 15 is 0 Å². The summed E-state index contributed by atoms with van der Waals surface area (Å²) in [6.45, 7) is 1.50. The molecule has 0 aliphatic rings. The lowest BCUT2D eigenvalue weighted by molar-refractivity contribution is -0.142. The Kier molecular flexibility index (Phi) is 4.51. The number of ether oxygens (including phenoxy) is 1. The number of carboxylic acid groups (broad SMARTS) is 1. The summed E-state index contributed by atoms with van der Waals surface area (Å²) >= 11 is 0. The van der Waals surface area contributed by atoms with E-state index in [-0.39, 0.29) is 12.3 Å². The second-order valence-corrected chi connectivity index (χ2v) is 3.72. The van der Waals surface area contributed by atoms with Crippen molar-refractivity contribution in [3.05, 3.63) is 24.3 Å². The van der Waals surface area contributed by atoms with Gasteiger partial charge < -0.3 is 15.2 Å². The molecule has 0 saturated heterocycles. The molecule has 0 heterocycles. The van der Waals surface area contributed by atoms with E-state index < -0.39 is 11.9 Å². The van der Waals surface area contributed by atoms with E-state index in [1.807, 2.05) is 0 Å². The molecule has 0 radical (unpaired) electrons. The van der Waals surface area contributed by atoms with Crippen LogP contribution in [0.1, 0.15) is 13.3 Å². The SMILES string of the molecule is COc1ccc(NC(=O)C[C@@H](C)C(=O)O)cc1. The lowest BCUT2D eigenvalue weighted by Gasteiger charge is -2.08. The van der Waals surface area contributed by atoms with Gasteiger partial charge in [0.15, 0.2) is 0 Å². The number of methoxy groups -OCH3 is 1. The Morgan fingerprint density at radius 2 is 1.94 bits per heavy atom. The highest BCUT2D eigenvalue weighted by Crippen LogP contribution is 2.15. The topological polar surface area (TPSA) is 75.6 Å². The summed E-state index contributed by atoms with van der Waals surface area (Å²) in [4.78, 5) is 22.1. The molecule has 0 spiro atoms. The summed E-state index contributed by atoms with van der Waals surface area (Å²) in [5, 5.41) is 11.3. The van der Waals surface area contributed by atoms with Crippen LogP contribution in [-0.4, -0.2) is 24.1 Å². The molecule has 0 aromatic heterocycles. The summed E-state index contributed by atoms with van der Waals surface area (Å²) in [6, 6.07) is 6.83. The van der Waals surface area contributed by atoms with Crippen LogP contribution in [-0.2, 0) is 9.59 Å². The first-order valence-corrected chi connectivity index (χ1v) is 5.19. The van der Waals surface area contributed by atoms with Crippen LogP contribution in [0.15, 0.2) is 24.3 Å². The van der Waals surface area contributed by atoms with Crippen LogP contribution in [0.3, 0.4) is 0 Å². The second-order valence-electron chi connectivity index (χ2n) is 3.72. The quantitative estimate of drug-likeness (QED) is 0.818. The van der Waals surface area contributed by atoms with Crippen LogP contribution in [0.25, 0.3) is 0 Å². The van der Waals surface area contributed by atoms with Gasteiger partial charge in [0.2, 0.25) is 5.91 Å². The third kappa shape index (κ3) is 4.14.